The largest absolute Gasteiger partial charge is 0.453 e. The van der Waals surface area contributed by atoms with Crippen LogP contribution in [-0.2, 0) is 38.4 Å². The summed E-state index contributed by atoms with van der Waals surface area (Å²) in [5.74, 6) is -0.292. The molecule has 2 aromatic heterocycles. The molecule has 3 aromatic rings. The number of Topliss-reactive ketones (excluding diaryl/α,β-unsaturated/α-hetero) is 1. The number of carbonyl (C=O) groups excluding carboxylic acids is 4. The van der Waals surface area contributed by atoms with E-state index in [1.165, 1.54) is 27.2 Å². The van der Waals surface area contributed by atoms with Crippen LogP contribution in [-0.4, -0.2) is 75.7 Å². The molecule has 0 radical (unpaired) electrons. The molecule has 0 aliphatic rings. The van der Waals surface area contributed by atoms with Crippen LogP contribution in [0.1, 0.15) is 71.3 Å². The minimum absolute atomic E-state index is 0.0392. The van der Waals surface area contributed by atoms with Gasteiger partial charge in [-0.3, -0.25) is 14.4 Å². The zero-order valence-electron chi connectivity index (χ0n) is 28.9. The number of hydrogen-bond acceptors (Lipinski definition) is 8. The van der Waals surface area contributed by atoms with E-state index in [0.29, 0.717) is 23.3 Å². The SMILES string of the molecule is COC(=O)N[C@@H](CC/C=C/C(=O)N(C)C)C(=O)Cc1cccn(Cc2nc3c(CC(C)(C)C)cccc3n2C(=O)OC(C)(C)C)c1=O. The maximum Gasteiger partial charge on any atom is 0.420 e. The molecule has 0 aliphatic carbocycles. The van der Waals surface area contributed by atoms with Gasteiger partial charge in [-0.2, -0.15) is 0 Å². The number of fused-ring (bicyclic) bond motifs is 1. The summed E-state index contributed by atoms with van der Waals surface area (Å²) in [6.45, 7) is 11.7. The van der Waals surface area contributed by atoms with Crippen LogP contribution in [0.4, 0.5) is 9.59 Å². The third-order valence-electron chi connectivity index (χ3n) is 7.10. The number of hydrogen-bond donors (Lipinski definition) is 1. The number of para-hydroxylation sites is 1. The van der Waals surface area contributed by atoms with Gasteiger partial charge in [0.05, 0.1) is 30.7 Å². The lowest BCUT2D eigenvalue weighted by molar-refractivity contribution is -0.123. The number of pyridine rings is 1. The van der Waals surface area contributed by atoms with Crippen molar-refractivity contribution in [3.8, 4) is 0 Å². The highest BCUT2D eigenvalue weighted by molar-refractivity contribution is 5.90. The van der Waals surface area contributed by atoms with Gasteiger partial charge < -0.3 is 24.3 Å². The molecule has 3 rings (SSSR count). The Morgan fingerprint density at radius 1 is 1.02 bits per heavy atom. The first-order chi connectivity index (χ1) is 21.9. The van der Waals surface area contributed by atoms with E-state index in [-0.39, 0.29) is 36.3 Å². The second-order valence-electron chi connectivity index (χ2n) is 13.9. The van der Waals surface area contributed by atoms with E-state index in [4.69, 9.17) is 14.5 Å². The first-order valence-corrected chi connectivity index (χ1v) is 15.6. The van der Waals surface area contributed by atoms with Crippen molar-refractivity contribution in [2.45, 2.75) is 85.4 Å². The average molecular weight is 650 g/mol. The van der Waals surface area contributed by atoms with Gasteiger partial charge in [0.25, 0.3) is 5.56 Å². The molecule has 254 valence electrons. The van der Waals surface area contributed by atoms with Crippen molar-refractivity contribution in [2.75, 3.05) is 21.2 Å². The van der Waals surface area contributed by atoms with E-state index in [1.807, 2.05) is 12.1 Å². The number of benzene rings is 1. The molecule has 2 heterocycles. The number of nitrogens with zero attached hydrogens (tertiary/aromatic N) is 4. The van der Waals surface area contributed by atoms with Crippen LogP contribution >= 0.6 is 0 Å². The van der Waals surface area contributed by atoms with Crippen molar-refractivity contribution in [3.63, 3.8) is 0 Å². The fourth-order valence-corrected chi connectivity index (χ4v) is 4.96. The molecule has 0 spiro atoms. The number of carbonyl (C=O) groups is 4. The Hall–Kier alpha value is -4.74. The molecular formula is C35H47N5O7. The van der Waals surface area contributed by atoms with Gasteiger partial charge in [0.1, 0.15) is 11.4 Å². The number of rotatable bonds is 11. The van der Waals surface area contributed by atoms with Crippen LogP contribution in [0.2, 0.25) is 0 Å². The predicted molar refractivity (Wildman–Crippen MR) is 179 cm³/mol. The normalized spacial score (nSPS) is 12.6. The summed E-state index contributed by atoms with van der Waals surface area (Å²) < 4.78 is 13.2. The molecule has 12 nitrogen and oxygen atoms in total. The van der Waals surface area contributed by atoms with Gasteiger partial charge in [0.2, 0.25) is 5.91 Å². The number of aromatic nitrogens is 3. The maximum absolute atomic E-state index is 13.7. The molecular weight excluding hydrogens is 602 g/mol. The fourth-order valence-electron chi connectivity index (χ4n) is 4.96. The first kappa shape index (κ1) is 36.7. The highest BCUT2D eigenvalue weighted by Gasteiger charge is 2.26. The molecule has 0 unspecified atom stereocenters. The topological polar surface area (TPSA) is 142 Å². The summed E-state index contributed by atoms with van der Waals surface area (Å²) in [5, 5.41) is 2.53. The highest BCUT2D eigenvalue weighted by atomic mass is 16.6. The molecule has 1 atom stereocenters. The Kier molecular flexibility index (Phi) is 11.9. The van der Waals surface area contributed by atoms with Gasteiger partial charge in [-0.1, -0.05) is 45.0 Å². The molecule has 0 saturated carbocycles. The zero-order chi connectivity index (χ0) is 35.1. The van der Waals surface area contributed by atoms with E-state index in [9.17, 15) is 24.0 Å². The van der Waals surface area contributed by atoms with Crippen molar-refractivity contribution in [3.05, 3.63) is 76.0 Å². The Labute approximate surface area is 275 Å². The molecule has 2 amide bonds. The number of nitrogens with one attached hydrogen (secondary N) is 1. The number of methoxy groups -OCH3 is 1. The summed E-state index contributed by atoms with van der Waals surface area (Å²) in [7, 11) is 4.45. The van der Waals surface area contributed by atoms with E-state index in [2.05, 4.69) is 26.1 Å². The Balaban J connectivity index is 1.96. The highest BCUT2D eigenvalue weighted by Crippen LogP contribution is 2.28. The standard InChI is InChI=1S/C35H47N5O7/c1-34(2,3)21-24-14-12-17-26-30(24)37-28(40(26)33(45)47-35(4,5)6)22-39-19-13-15-23(31(39)43)20-27(41)25(36-32(44)46-9)16-10-11-18-29(42)38(7)8/h11-15,17-19,25H,10,16,20-22H2,1-9H3,(H,36,44)/b18-11+/t25-/m0/s1. The minimum atomic E-state index is -0.952. The van der Waals surface area contributed by atoms with E-state index < -0.39 is 35.2 Å². The van der Waals surface area contributed by atoms with Crippen molar-refractivity contribution in [1.29, 1.82) is 0 Å². The number of allylic oxidation sites excluding steroid dienone is 1. The molecule has 1 aromatic carbocycles. The Morgan fingerprint density at radius 2 is 1.70 bits per heavy atom. The third-order valence-corrected chi connectivity index (χ3v) is 7.10. The third kappa shape index (κ3) is 10.4. The van der Waals surface area contributed by atoms with E-state index >= 15 is 0 Å². The number of ketones is 1. The van der Waals surface area contributed by atoms with Crippen LogP contribution in [0, 0.1) is 5.41 Å². The van der Waals surface area contributed by atoms with E-state index in [1.54, 1.807) is 65.3 Å². The smallest absolute Gasteiger partial charge is 0.420 e. The van der Waals surface area contributed by atoms with Crippen LogP contribution in [0.25, 0.3) is 11.0 Å². The molecule has 0 fully saturated rings. The van der Waals surface area contributed by atoms with E-state index in [0.717, 1.165) is 12.0 Å². The second kappa shape index (κ2) is 15.2. The fraction of sp³-hybridized carbons (Fsp3) is 0.486. The van der Waals surface area contributed by atoms with Crippen LogP contribution in [0.5, 0.6) is 0 Å². The van der Waals surface area contributed by atoms with Gasteiger partial charge in [0, 0.05) is 32.3 Å². The van der Waals surface area contributed by atoms with Crippen LogP contribution in [0.3, 0.4) is 0 Å². The molecule has 0 aliphatic heterocycles. The Morgan fingerprint density at radius 3 is 2.32 bits per heavy atom. The lowest BCUT2D eigenvalue weighted by Crippen LogP contribution is -2.42. The number of likely N-dealkylation sites (N-methyl/N-ethyl adjacent to an activating group) is 1. The van der Waals surface area contributed by atoms with Gasteiger partial charge in [-0.15, -0.1) is 0 Å². The average Bonchev–Trinajstić information content (AvgIpc) is 3.33. The molecule has 0 bridgehead atoms. The first-order valence-electron chi connectivity index (χ1n) is 15.6. The van der Waals surface area contributed by atoms with Crippen LogP contribution in [0.15, 0.2) is 53.5 Å². The minimum Gasteiger partial charge on any atom is -0.453 e. The second-order valence-corrected chi connectivity index (χ2v) is 13.9. The van der Waals surface area contributed by atoms with Crippen LogP contribution < -0.4 is 10.9 Å². The lowest BCUT2D eigenvalue weighted by atomic mass is 9.88. The van der Waals surface area contributed by atoms with Crippen molar-refractivity contribution >= 4 is 34.9 Å². The summed E-state index contributed by atoms with van der Waals surface area (Å²) >= 11 is 0. The van der Waals surface area contributed by atoms with Gasteiger partial charge in [-0.25, -0.2) is 19.1 Å². The van der Waals surface area contributed by atoms with Crippen molar-refractivity contribution in [2.24, 2.45) is 5.41 Å². The number of amides is 2. The Bertz CT molecular complexity index is 1700. The molecule has 0 saturated heterocycles. The van der Waals surface area contributed by atoms with Crippen molar-refractivity contribution < 1.29 is 28.7 Å². The predicted octanol–water partition coefficient (Wildman–Crippen LogP) is 4.88. The lowest BCUT2D eigenvalue weighted by Gasteiger charge is -2.21. The summed E-state index contributed by atoms with van der Waals surface area (Å²) in [4.78, 5) is 70.7. The number of imidazole rings is 1. The van der Waals surface area contributed by atoms with Gasteiger partial charge in [-0.05, 0) is 69.2 Å². The molecule has 1 N–H and O–H groups in total. The quantitative estimate of drug-likeness (QED) is 0.290. The van der Waals surface area contributed by atoms with Gasteiger partial charge in [0.15, 0.2) is 5.78 Å². The van der Waals surface area contributed by atoms with Gasteiger partial charge >= 0.3 is 12.2 Å². The summed E-state index contributed by atoms with van der Waals surface area (Å²) in [6, 6.07) is 7.92. The number of alkyl carbamates (subject to hydrolysis) is 1. The molecule has 12 heteroatoms. The summed E-state index contributed by atoms with van der Waals surface area (Å²) in [6.07, 6.45) is 4.19. The van der Waals surface area contributed by atoms with Crippen molar-refractivity contribution in [1.82, 2.24) is 24.3 Å². The molecule has 47 heavy (non-hydrogen) atoms. The number of ether oxygens (including phenoxy) is 2. The monoisotopic (exact) mass is 649 g/mol. The maximum atomic E-state index is 13.7. The summed E-state index contributed by atoms with van der Waals surface area (Å²) in [5.41, 5.74) is 1.16. The zero-order valence-corrected chi connectivity index (χ0v) is 28.9.